The number of aromatic nitrogens is 3. The predicted molar refractivity (Wildman–Crippen MR) is 150 cm³/mol. The largest absolute Gasteiger partial charge is 0.481 e. The summed E-state index contributed by atoms with van der Waals surface area (Å²) in [6.07, 6.45) is -3.06. The van der Waals surface area contributed by atoms with Gasteiger partial charge in [-0.25, -0.2) is 22.8 Å². The van der Waals surface area contributed by atoms with Crippen LogP contribution in [0, 0.1) is 24.4 Å². The first-order valence-electron chi connectivity index (χ1n) is 13.9. The summed E-state index contributed by atoms with van der Waals surface area (Å²) in [6, 6.07) is 7.48. The summed E-state index contributed by atoms with van der Waals surface area (Å²) < 4.78 is 89.8. The molecule has 0 bridgehead atoms. The molecule has 0 atom stereocenters. The number of nitrogens with zero attached hydrogens (tertiary/aromatic N) is 5. The number of rotatable bonds is 5. The Kier molecular flexibility index (Phi) is 7.53. The number of carbonyl (C=O) groups excluding carboxylic acids is 2. The van der Waals surface area contributed by atoms with Crippen LogP contribution in [0.15, 0.2) is 48.7 Å². The molecule has 0 N–H and O–H groups in total. The summed E-state index contributed by atoms with van der Waals surface area (Å²) in [5, 5.41) is 4.41. The molecule has 2 aliphatic rings. The van der Waals surface area contributed by atoms with E-state index < -0.39 is 41.1 Å². The van der Waals surface area contributed by atoms with E-state index in [1.807, 2.05) is 0 Å². The van der Waals surface area contributed by atoms with E-state index in [1.54, 1.807) is 13.0 Å². The molecule has 8 nitrogen and oxygen atoms in total. The summed E-state index contributed by atoms with van der Waals surface area (Å²) in [4.78, 5) is 33.5. The van der Waals surface area contributed by atoms with Crippen molar-refractivity contribution in [2.45, 2.75) is 38.4 Å². The molecule has 0 aliphatic carbocycles. The van der Waals surface area contributed by atoms with Gasteiger partial charge in [0.2, 0.25) is 11.8 Å². The Hall–Kier alpha value is -4.88. The van der Waals surface area contributed by atoms with Gasteiger partial charge in [0.05, 0.1) is 36.2 Å². The maximum Gasteiger partial charge on any atom is 0.419 e. The van der Waals surface area contributed by atoms with Crippen LogP contribution in [0.2, 0.25) is 0 Å². The first-order chi connectivity index (χ1) is 21.4. The fourth-order valence-corrected chi connectivity index (χ4v) is 5.95. The van der Waals surface area contributed by atoms with Gasteiger partial charge in [-0.2, -0.15) is 18.3 Å². The van der Waals surface area contributed by atoms with E-state index in [9.17, 15) is 35.9 Å². The first-order valence-corrected chi connectivity index (χ1v) is 13.9. The van der Waals surface area contributed by atoms with Gasteiger partial charge in [0, 0.05) is 42.5 Å². The second-order valence-electron chi connectivity index (χ2n) is 10.8. The molecule has 4 aromatic rings. The smallest absolute Gasteiger partial charge is 0.419 e. The summed E-state index contributed by atoms with van der Waals surface area (Å²) in [5.41, 5.74) is -0.326. The Labute approximate surface area is 252 Å². The summed E-state index contributed by atoms with van der Waals surface area (Å²) in [6.45, 7) is 1.90. The monoisotopic (exact) mass is 629 g/mol. The van der Waals surface area contributed by atoms with Gasteiger partial charge in [0.25, 0.3) is 5.91 Å². The Balaban J connectivity index is 1.32. The van der Waals surface area contributed by atoms with E-state index in [0.717, 1.165) is 16.8 Å². The quantitative estimate of drug-likeness (QED) is 0.258. The highest BCUT2D eigenvalue weighted by atomic mass is 19.4. The molecule has 0 saturated carbocycles. The molecule has 2 amide bonds. The van der Waals surface area contributed by atoms with Gasteiger partial charge in [-0.1, -0.05) is 6.07 Å². The van der Waals surface area contributed by atoms with Crippen molar-refractivity contribution in [1.82, 2.24) is 19.7 Å². The number of hydrogen-bond donors (Lipinski definition) is 0. The third-order valence-corrected chi connectivity index (χ3v) is 8.16. The summed E-state index contributed by atoms with van der Waals surface area (Å²) >= 11 is 0. The van der Waals surface area contributed by atoms with Crippen molar-refractivity contribution in [3.05, 3.63) is 88.5 Å². The van der Waals surface area contributed by atoms with Crippen LogP contribution in [0.3, 0.4) is 0 Å². The van der Waals surface area contributed by atoms with Crippen molar-refractivity contribution >= 4 is 17.5 Å². The van der Waals surface area contributed by atoms with E-state index >= 15 is 0 Å². The van der Waals surface area contributed by atoms with Crippen LogP contribution in [-0.2, 0) is 17.4 Å². The molecule has 1 saturated heterocycles. The Bertz CT molecular complexity index is 1810. The van der Waals surface area contributed by atoms with Crippen LogP contribution in [-0.4, -0.2) is 57.7 Å². The SMILES string of the molecule is COc1ccc(-c2c(C)c(C(=O)N3CCC(N4C(=O)Cc5ccc(F)c(F)c54)CC3)nn2-c2ccc(F)c(C(F)(F)F)c2)cn1. The normalized spacial score (nSPS) is 15.5. The van der Waals surface area contributed by atoms with E-state index in [0.29, 0.717) is 28.8 Å². The zero-order chi connectivity index (χ0) is 32.2. The Morgan fingerprint density at radius 1 is 1.00 bits per heavy atom. The third-order valence-electron chi connectivity index (χ3n) is 8.16. The van der Waals surface area contributed by atoms with E-state index in [1.165, 1.54) is 35.2 Å². The van der Waals surface area contributed by atoms with Gasteiger partial charge in [-0.3, -0.25) is 9.59 Å². The highest BCUT2D eigenvalue weighted by molar-refractivity contribution is 6.02. The van der Waals surface area contributed by atoms with Crippen molar-refractivity contribution in [3.63, 3.8) is 0 Å². The van der Waals surface area contributed by atoms with Gasteiger partial charge in [-0.15, -0.1) is 0 Å². The van der Waals surface area contributed by atoms with E-state index in [2.05, 4.69) is 10.1 Å². The second kappa shape index (κ2) is 11.2. The third kappa shape index (κ3) is 5.27. The number of piperidine rings is 1. The zero-order valence-corrected chi connectivity index (χ0v) is 24.0. The summed E-state index contributed by atoms with van der Waals surface area (Å²) in [5.74, 6) is -4.19. The minimum atomic E-state index is -4.97. The van der Waals surface area contributed by atoms with Crippen LogP contribution in [0.4, 0.5) is 32.0 Å². The van der Waals surface area contributed by atoms with Crippen molar-refractivity contribution in [3.8, 4) is 22.8 Å². The number of pyridine rings is 1. The predicted octanol–water partition coefficient (Wildman–Crippen LogP) is 5.88. The average Bonchev–Trinajstić information content (AvgIpc) is 3.55. The highest BCUT2D eigenvalue weighted by Gasteiger charge is 2.39. The van der Waals surface area contributed by atoms with Crippen LogP contribution < -0.4 is 9.64 Å². The highest BCUT2D eigenvalue weighted by Crippen LogP contribution is 2.38. The number of alkyl halides is 3. The number of methoxy groups -OCH3 is 1. The number of halogens is 6. The van der Waals surface area contributed by atoms with E-state index in [-0.39, 0.29) is 66.9 Å². The Morgan fingerprint density at radius 2 is 1.71 bits per heavy atom. The maximum absolute atomic E-state index is 14.7. The molecule has 4 heterocycles. The number of ether oxygens (including phenoxy) is 1. The Morgan fingerprint density at radius 3 is 2.36 bits per heavy atom. The van der Waals surface area contributed by atoms with E-state index in [4.69, 9.17) is 4.74 Å². The fourth-order valence-electron chi connectivity index (χ4n) is 5.95. The molecular weight excluding hydrogens is 604 g/mol. The molecule has 0 radical (unpaired) electrons. The minimum Gasteiger partial charge on any atom is -0.481 e. The number of likely N-dealkylation sites (tertiary alicyclic amines) is 1. The number of benzene rings is 2. The molecule has 234 valence electrons. The van der Waals surface area contributed by atoms with Crippen LogP contribution in [0.1, 0.15) is 40.0 Å². The molecule has 14 heteroatoms. The number of fused-ring (bicyclic) bond motifs is 1. The molecule has 6 rings (SSSR count). The van der Waals surface area contributed by atoms with Crippen molar-refractivity contribution in [2.24, 2.45) is 0 Å². The van der Waals surface area contributed by atoms with Crippen LogP contribution in [0.25, 0.3) is 16.9 Å². The molecular formula is C31H25F6N5O3. The second-order valence-corrected chi connectivity index (χ2v) is 10.8. The maximum atomic E-state index is 14.7. The minimum absolute atomic E-state index is 0.0483. The van der Waals surface area contributed by atoms with Gasteiger partial charge in [-0.05, 0) is 55.7 Å². The van der Waals surface area contributed by atoms with Crippen molar-refractivity contribution < 1.29 is 40.7 Å². The molecule has 2 aromatic carbocycles. The summed E-state index contributed by atoms with van der Waals surface area (Å²) in [7, 11) is 1.42. The number of amides is 2. The lowest BCUT2D eigenvalue weighted by atomic mass is 10.0. The number of carbonyl (C=O) groups is 2. The molecule has 45 heavy (non-hydrogen) atoms. The van der Waals surface area contributed by atoms with Crippen LogP contribution in [0.5, 0.6) is 5.88 Å². The van der Waals surface area contributed by atoms with Gasteiger partial charge < -0.3 is 14.5 Å². The topological polar surface area (TPSA) is 80.6 Å². The molecule has 2 aromatic heterocycles. The number of anilines is 1. The lowest BCUT2D eigenvalue weighted by Crippen LogP contribution is -2.48. The molecule has 0 unspecified atom stereocenters. The molecule has 0 spiro atoms. The molecule has 1 fully saturated rings. The van der Waals surface area contributed by atoms with Gasteiger partial charge >= 0.3 is 6.18 Å². The van der Waals surface area contributed by atoms with Crippen molar-refractivity contribution in [1.29, 1.82) is 0 Å². The first kappa shape index (κ1) is 30.2. The van der Waals surface area contributed by atoms with Gasteiger partial charge in [0.15, 0.2) is 17.3 Å². The van der Waals surface area contributed by atoms with Crippen molar-refractivity contribution in [2.75, 3.05) is 25.1 Å². The number of hydrogen-bond acceptors (Lipinski definition) is 5. The molecule has 2 aliphatic heterocycles. The van der Waals surface area contributed by atoms with Gasteiger partial charge in [0.1, 0.15) is 5.82 Å². The zero-order valence-electron chi connectivity index (χ0n) is 24.0. The standard InChI is InChI=1S/C31H25F6N5O3/c1-16-27(30(44)40-11-9-19(10-12-40)41-25(43)13-17-3-6-23(33)26(34)29(17)41)39-42(28(16)18-4-8-24(45-2)38-15-18)20-5-7-22(32)21(14-20)31(35,36)37/h3-8,14-15,19H,9-13H2,1-2H3. The lowest BCUT2D eigenvalue weighted by molar-refractivity contribution is -0.140. The lowest BCUT2D eigenvalue weighted by Gasteiger charge is -2.37. The average molecular weight is 630 g/mol. The fraction of sp³-hybridized carbons (Fsp3) is 0.290. The van der Waals surface area contributed by atoms with Crippen LogP contribution >= 0.6 is 0 Å².